The largest absolute Gasteiger partial charge is 0.412 e. The van der Waals surface area contributed by atoms with Crippen LogP contribution in [0.15, 0.2) is 0 Å². The summed E-state index contributed by atoms with van der Waals surface area (Å²) in [6, 6.07) is 0. The summed E-state index contributed by atoms with van der Waals surface area (Å²) in [5.41, 5.74) is 11.1. The molecule has 0 aliphatic rings. The van der Waals surface area contributed by atoms with Crippen LogP contribution in [0.4, 0.5) is 0 Å². The summed E-state index contributed by atoms with van der Waals surface area (Å²) in [4.78, 5) is 0. The van der Waals surface area contributed by atoms with Gasteiger partial charge >= 0.3 is 0 Å². The molecular weight excluding hydrogens is 339 g/mol. The Hall–Kier alpha value is 0.528. The third-order valence-electron chi connectivity index (χ3n) is 1.34. The average Bonchev–Trinajstić information content (AvgIpc) is 1.63. The Morgan fingerprint density at radius 1 is 1.25 bits per heavy atom. The van der Waals surface area contributed by atoms with Crippen LogP contribution in [0.5, 0.6) is 0 Å². The van der Waals surface area contributed by atoms with Crippen LogP contribution in [-0.4, -0.2) is 23.0 Å². The van der Waals surface area contributed by atoms with E-state index in [4.69, 9.17) is 11.5 Å². The first-order valence-corrected chi connectivity index (χ1v) is 3.47. The van der Waals surface area contributed by atoms with Crippen LogP contribution in [-0.2, 0) is 21.1 Å². The monoisotopic (exact) mass is 361 g/mol. The second kappa shape index (κ2) is 9.62. The standard InChI is InChI=1S/C7H18N2.2H2O.Pt/c1-6(2)4-7(3,9)5-8;;;/h6H,4-5,8-9H2,1-3H3;2*1H2;. The summed E-state index contributed by atoms with van der Waals surface area (Å²) >= 11 is 0. The molecule has 1 unspecified atom stereocenters. The molecule has 1 atom stereocenters. The van der Waals surface area contributed by atoms with Crippen LogP contribution in [0.1, 0.15) is 27.2 Å². The van der Waals surface area contributed by atoms with Gasteiger partial charge in [-0.05, 0) is 19.3 Å². The van der Waals surface area contributed by atoms with E-state index in [1.54, 1.807) is 0 Å². The zero-order valence-corrected chi connectivity index (χ0v) is 10.2. The molecule has 82 valence electrons. The zero-order valence-electron chi connectivity index (χ0n) is 7.96. The van der Waals surface area contributed by atoms with E-state index >= 15 is 0 Å². The van der Waals surface area contributed by atoms with E-state index in [-0.39, 0.29) is 37.6 Å². The molecule has 0 aromatic heterocycles. The molecule has 0 heterocycles. The molecule has 0 saturated carbocycles. The molecule has 0 spiro atoms. The third-order valence-corrected chi connectivity index (χ3v) is 1.34. The zero-order chi connectivity index (χ0) is 7.49. The fourth-order valence-corrected chi connectivity index (χ4v) is 1.02. The molecule has 0 saturated heterocycles. The topological polar surface area (TPSA) is 115 Å². The SMILES string of the molecule is CC(C)CC(C)(N)CN.O.O.[Pt]. The smallest absolute Gasteiger partial charge is 0.0252 e. The first-order chi connectivity index (χ1) is 3.98. The minimum atomic E-state index is -0.159. The molecule has 0 aliphatic carbocycles. The number of hydrogen-bond donors (Lipinski definition) is 2. The Morgan fingerprint density at radius 3 is 1.67 bits per heavy atom. The van der Waals surface area contributed by atoms with Gasteiger partial charge in [0.1, 0.15) is 0 Å². The van der Waals surface area contributed by atoms with Crippen LogP contribution in [0, 0.1) is 5.92 Å². The van der Waals surface area contributed by atoms with E-state index in [1.807, 2.05) is 6.92 Å². The van der Waals surface area contributed by atoms with Crippen molar-refractivity contribution in [2.45, 2.75) is 32.7 Å². The second-order valence-electron chi connectivity index (χ2n) is 3.46. The van der Waals surface area contributed by atoms with Crippen molar-refractivity contribution >= 4 is 0 Å². The fraction of sp³-hybridized carbons (Fsp3) is 1.00. The van der Waals surface area contributed by atoms with Crippen molar-refractivity contribution in [2.75, 3.05) is 6.54 Å². The number of hydrogen-bond acceptors (Lipinski definition) is 2. The molecule has 5 heteroatoms. The van der Waals surface area contributed by atoms with Crippen molar-refractivity contribution in [1.82, 2.24) is 0 Å². The molecule has 0 aromatic carbocycles. The molecule has 4 nitrogen and oxygen atoms in total. The Morgan fingerprint density at radius 2 is 1.58 bits per heavy atom. The van der Waals surface area contributed by atoms with Gasteiger partial charge in [-0.15, -0.1) is 0 Å². The fourth-order valence-electron chi connectivity index (χ4n) is 1.02. The van der Waals surface area contributed by atoms with Crippen molar-refractivity contribution in [3.8, 4) is 0 Å². The number of rotatable bonds is 3. The maximum atomic E-state index is 5.79. The van der Waals surface area contributed by atoms with Crippen molar-refractivity contribution in [3.63, 3.8) is 0 Å². The van der Waals surface area contributed by atoms with E-state index in [2.05, 4.69) is 13.8 Å². The van der Waals surface area contributed by atoms with Crippen molar-refractivity contribution in [2.24, 2.45) is 17.4 Å². The summed E-state index contributed by atoms with van der Waals surface area (Å²) in [7, 11) is 0. The van der Waals surface area contributed by atoms with E-state index in [0.717, 1.165) is 6.42 Å². The molecule has 0 radical (unpaired) electrons. The minimum Gasteiger partial charge on any atom is -0.412 e. The summed E-state index contributed by atoms with van der Waals surface area (Å²) in [5.74, 6) is 0.642. The Bertz CT molecular complexity index is 89.5. The molecule has 0 aromatic rings. The van der Waals surface area contributed by atoms with E-state index in [9.17, 15) is 0 Å². The molecule has 8 N–H and O–H groups in total. The van der Waals surface area contributed by atoms with Gasteiger partial charge in [-0.2, -0.15) is 0 Å². The molecule has 0 rings (SSSR count). The van der Waals surface area contributed by atoms with Gasteiger partial charge < -0.3 is 22.4 Å². The quantitative estimate of drug-likeness (QED) is 0.675. The van der Waals surface area contributed by atoms with Crippen molar-refractivity contribution in [3.05, 3.63) is 0 Å². The predicted molar refractivity (Wildman–Crippen MR) is 48.3 cm³/mol. The first kappa shape index (κ1) is 22.9. The summed E-state index contributed by atoms with van der Waals surface area (Å²) in [5, 5.41) is 0. The molecular formula is C7H22N2O2Pt. The van der Waals surface area contributed by atoms with Gasteiger partial charge in [-0.1, -0.05) is 13.8 Å². The molecule has 0 fully saturated rings. The van der Waals surface area contributed by atoms with Gasteiger partial charge in [0.05, 0.1) is 0 Å². The van der Waals surface area contributed by atoms with Gasteiger partial charge in [0.2, 0.25) is 0 Å². The van der Waals surface area contributed by atoms with E-state index in [0.29, 0.717) is 12.5 Å². The van der Waals surface area contributed by atoms with Gasteiger partial charge in [0.15, 0.2) is 0 Å². The Balaban J connectivity index is -0.000000107. The van der Waals surface area contributed by atoms with Crippen LogP contribution in [0.25, 0.3) is 0 Å². The maximum Gasteiger partial charge on any atom is 0.0252 e. The van der Waals surface area contributed by atoms with E-state index in [1.165, 1.54) is 0 Å². The first-order valence-electron chi connectivity index (χ1n) is 3.47. The van der Waals surface area contributed by atoms with Gasteiger partial charge in [0.25, 0.3) is 0 Å². The maximum absolute atomic E-state index is 5.79. The molecule has 0 bridgehead atoms. The Kier molecular flexibility index (Phi) is 18.3. The van der Waals surface area contributed by atoms with Gasteiger partial charge in [0, 0.05) is 33.1 Å². The second-order valence-corrected chi connectivity index (χ2v) is 3.46. The minimum absolute atomic E-state index is 0. The summed E-state index contributed by atoms with van der Waals surface area (Å²) < 4.78 is 0. The molecule has 0 amide bonds. The van der Waals surface area contributed by atoms with Crippen LogP contribution < -0.4 is 11.5 Å². The van der Waals surface area contributed by atoms with Crippen LogP contribution in [0.3, 0.4) is 0 Å². The average molecular weight is 361 g/mol. The molecule has 0 aliphatic heterocycles. The van der Waals surface area contributed by atoms with Crippen LogP contribution >= 0.6 is 0 Å². The van der Waals surface area contributed by atoms with Crippen LogP contribution in [0.2, 0.25) is 0 Å². The number of nitrogens with two attached hydrogens (primary N) is 2. The molecule has 12 heavy (non-hydrogen) atoms. The van der Waals surface area contributed by atoms with Crippen molar-refractivity contribution in [1.29, 1.82) is 0 Å². The predicted octanol–water partition coefficient (Wildman–Crippen LogP) is -0.943. The Labute approximate surface area is 89.0 Å². The van der Waals surface area contributed by atoms with Gasteiger partial charge in [-0.3, -0.25) is 0 Å². The normalized spacial score (nSPS) is 13.5. The van der Waals surface area contributed by atoms with E-state index < -0.39 is 0 Å². The third kappa shape index (κ3) is 13.1. The van der Waals surface area contributed by atoms with Gasteiger partial charge in [-0.25, -0.2) is 0 Å². The summed E-state index contributed by atoms with van der Waals surface area (Å²) in [6.45, 7) is 6.87. The summed E-state index contributed by atoms with van der Waals surface area (Å²) in [6.07, 6.45) is 1.00. The van der Waals surface area contributed by atoms with Crippen molar-refractivity contribution < 1.29 is 32.0 Å².